The summed E-state index contributed by atoms with van der Waals surface area (Å²) < 4.78 is 5.41. The highest BCUT2D eigenvalue weighted by Gasteiger charge is 2.27. The van der Waals surface area contributed by atoms with Gasteiger partial charge in [-0.2, -0.15) is 0 Å². The second-order valence-electron chi connectivity index (χ2n) is 5.58. The first-order valence-electron chi connectivity index (χ1n) is 6.51. The van der Waals surface area contributed by atoms with Crippen molar-refractivity contribution < 1.29 is 4.74 Å². The Labute approximate surface area is 100 Å². The average Bonchev–Trinajstić information content (AvgIpc) is 2.17. The van der Waals surface area contributed by atoms with Crippen LogP contribution in [0, 0.1) is 0 Å². The average molecular weight is 225 g/mol. The summed E-state index contributed by atoms with van der Waals surface area (Å²) in [5.74, 6) is 0. The molecule has 0 aromatic carbocycles. The third kappa shape index (κ3) is 5.13. The van der Waals surface area contributed by atoms with E-state index in [-0.39, 0.29) is 0 Å². The summed E-state index contributed by atoms with van der Waals surface area (Å²) in [5.41, 5.74) is 1.72. The molecule has 1 N–H and O–H groups in total. The summed E-state index contributed by atoms with van der Waals surface area (Å²) in [6.45, 7) is 10.8. The molecule has 0 spiro atoms. The zero-order valence-corrected chi connectivity index (χ0v) is 11.3. The van der Waals surface area contributed by atoms with Gasteiger partial charge in [0.1, 0.15) is 0 Å². The molecular weight excluding hydrogens is 198 g/mol. The van der Waals surface area contributed by atoms with Crippen LogP contribution in [0.1, 0.15) is 53.4 Å². The Kier molecular flexibility index (Phi) is 5.50. The Hall–Kier alpha value is -0.340. The molecule has 16 heavy (non-hydrogen) atoms. The van der Waals surface area contributed by atoms with Crippen molar-refractivity contribution in [3.63, 3.8) is 0 Å². The van der Waals surface area contributed by atoms with Crippen molar-refractivity contribution >= 4 is 0 Å². The van der Waals surface area contributed by atoms with Gasteiger partial charge in [0.2, 0.25) is 0 Å². The Bertz CT molecular complexity index is 225. The van der Waals surface area contributed by atoms with Gasteiger partial charge in [-0.3, -0.25) is 0 Å². The van der Waals surface area contributed by atoms with Crippen molar-refractivity contribution in [1.29, 1.82) is 0 Å². The summed E-state index contributed by atoms with van der Waals surface area (Å²) in [7, 11) is 0. The molecule has 1 aliphatic rings. The Morgan fingerprint density at radius 2 is 2.00 bits per heavy atom. The molecule has 1 heterocycles. The summed E-state index contributed by atoms with van der Waals surface area (Å²) in [5, 5.41) is 3.76. The molecule has 2 heteroatoms. The molecule has 0 amide bonds. The summed E-state index contributed by atoms with van der Waals surface area (Å²) in [6.07, 6.45) is 7.01. The zero-order chi connectivity index (χ0) is 12.0. The SMILES string of the molecule is CC(C)=CCCC(C)NC1(C)CCOCC1. The lowest BCUT2D eigenvalue weighted by atomic mass is 9.91. The molecule has 1 rings (SSSR count). The van der Waals surface area contributed by atoms with Gasteiger partial charge in [0.05, 0.1) is 0 Å². The van der Waals surface area contributed by atoms with E-state index in [0.29, 0.717) is 11.6 Å². The van der Waals surface area contributed by atoms with Crippen molar-refractivity contribution in [1.82, 2.24) is 5.32 Å². The van der Waals surface area contributed by atoms with Gasteiger partial charge in [-0.1, -0.05) is 11.6 Å². The molecule has 1 unspecified atom stereocenters. The van der Waals surface area contributed by atoms with Crippen LogP contribution in [0.5, 0.6) is 0 Å². The minimum Gasteiger partial charge on any atom is -0.381 e. The largest absolute Gasteiger partial charge is 0.381 e. The summed E-state index contributed by atoms with van der Waals surface area (Å²) in [6, 6.07) is 0.596. The molecule has 0 aromatic rings. The van der Waals surface area contributed by atoms with Gasteiger partial charge in [0.15, 0.2) is 0 Å². The fourth-order valence-electron chi connectivity index (χ4n) is 2.26. The van der Waals surface area contributed by atoms with Gasteiger partial charge in [-0.15, -0.1) is 0 Å². The molecule has 0 radical (unpaired) electrons. The molecule has 94 valence electrons. The monoisotopic (exact) mass is 225 g/mol. The van der Waals surface area contributed by atoms with Crippen molar-refractivity contribution in [3.05, 3.63) is 11.6 Å². The maximum Gasteiger partial charge on any atom is 0.0483 e. The fraction of sp³-hybridized carbons (Fsp3) is 0.857. The van der Waals surface area contributed by atoms with Crippen LogP contribution >= 0.6 is 0 Å². The molecule has 0 saturated carbocycles. The van der Waals surface area contributed by atoms with Gasteiger partial charge in [-0.25, -0.2) is 0 Å². The smallest absolute Gasteiger partial charge is 0.0483 e. The van der Waals surface area contributed by atoms with Gasteiger partial charge >= 0.3 is 0 Å². The molecule has 0 bridgehead atoms. The maximum absolute atomic E-state index is 5.41. The van der Waals surface area contributed by atoms with Crippen molar-refractivity contribution in [2.24, 2.45) is 0 Å². The first kappa shape index (κ1) is 13.7. The molecule has 0 aromatic heterocycles. The third-order valence-electron chi connectivity index (χ3n) is 3.34. The van der Waals surface area contributed by atoms with Crippen LogP contribution in [0.15, 0.2) is 11.6 Å². The van der Waals surface area contributed by atoms with Crippen LogP contribution in [0.2, 0.25) is 0 Å². The van der Waals surface area contributed by atoms with E-state index in [4.69, 9.17) is 4.74 Å². The molecule has 1 fully saturated rings. The minimum absolute atomic E-state index is 0.294. The van der Waals surface area contributed by atoms with E-state index in [1.165, 1.54) is 18.4 Å². The van der Waals surface area contributed by atoms with Crippen molar-refractivity contribution in [2.45, 2.75) is 65.0 Å². The fourth-order valence-corrected chi connectivity index (χ4v) is 2.26. The number of rotatable bonds is 5. The van der Waals surface area contributed by atoms with E-state index >= 15 is 0 Å². The number of allylic oxidation sites excluding steroid dienone is 2. The molecular formula is C14H27NO. The Morgan fingerprint density at radius 1 is 1.38 bits per heavy atom. The maximum atomic E-state index is 5.41. The standard InChI is InChI=1S/C14H27NO/c1-12(2)6-5-7-13(3)15-14(4)8-10-16-11-9-14/h6,13,15H,5,7-11H2,1-4H3. The van der Waals surface area contributed by atoms with Crippen LogP contribution in [-0.2, 0) is 4.74 Å². The van der Waals surface area contributed by atoms with Crippen LogP contribution in [0.4, 0.5) is 0 Å². The number of nitrogens with one attached hydrogen (secondary N) is 1. The summed E-state index contributed by atoms with van der Waals surface area (Å²) in [4.78, 5) is 0. The van der Waals surface area contributed by atoms with E-state index in [1.54, 1.807) is 0 Å². The summed E-state index contributed by atoms with van der Waals surface area (Å²) >= 11 is 0. The minimum atomic E-state index is 0.294. The molecule has 0 aliphatic carbocycles. The Morgan fingerprint density at radius 3 is 2.56 bits per heavy atom. The van der Waals surface area contributed by atoms with E-state index in [9.17, 15) is 0 Å². The van der Waals surface area contributed by atoms with Gasteiger partial charge in [-0.05, 0) is 53.4 Å². The lowest BCUT2D eigenvalue weighted by molar-refractivity contribution is 0.0410. The lowest BCUT2D eigenvalue weighted by Crippen LogP contribution is -2.50. The highest BCUT2D eigenvalue weighted by Crippen LogP contribution is 2.21. The number of ether oxygens (including phenoxy) is 1. The second-order valence-corrected chi connectivity index (χ2v) is 5.58. The topological polar surface area (TPSA) is 21.3 Å². The normalized spacial score (nSPS) is 21.5. The third-order valence-corrected chi connectivity index (χ3v) is 3.34. The highest BCUT2D eigenvalue weighted by atomic mass is 16.5. The van der Waals surface area contributed by atoms with E-state index in [1.807, 2.05) is 0 Å². The predicted molar refractivity (Wildman–Crippen MR) is 69.7 cm³/mol. The van der Waals surface area contributed by atoms with E-state index in [0.717, 1.165) is 26.1 Å². The quantitative estimate of drug-likeness (QED) is 0.725. The lowest BCUT2D eigenvalue weighted by Gasteiger charge is -2.37. The van der Waals surface area contributed by atoms with Crippen LogP contribution in [0.3, 0.4) is 0 Å². The second kappa shape index (κ2) is 6.41. The first-order valence-corrected chi connectivity index (χ1v) is 6.51. The number of hydrogen-bond donors (Lipinski definition) is 1. The first-order chi connectivity index (χ1) is 7.52. The van der Waals surface area contributed by atoms with Crippen molar-refractivity contribution in [2.75, 3.05) is 13.2 Å². The molecule has 1 aliphatic heterocycles. The zero-order valence-electron chi connectivity index (χ0n) is 11.3. The van der Waals surface area contributed by atoms with Gasteiger partial charge < -0.3 is 10.1 Å². The van der Waals surface area contributed by atoms with Crippen LogP contribution in [-0.4, -0.2) is 24.8 Å². The predicted octanol–water partition coefficient (Wildman–Crippen LogP) is 3.28. The van der Waals surface area contributed by atoms with Crippen molar-refractivity contribution in [3.8, 4) is 0 Å². The highest BCUT2D eigenvalue weighted by molar-refractivity contribution is 4.94. The van der Waals surface area contributed by atoms with E-state index < -0.39 is 0 Å². The Balaban J connectivity index is 2.26. The van der Waals surface area contributed by atoms with Crippen LogP contribution < -0.4 is 5.32 Å². The van der Waals surface area contributed by atoms with E-state index in [2.05, 4.69) is 39.1 Å². The molecule has 2 nitrogen and oxygen atoms in total. The van der Waals surface area contributed by atoms with Gasteiger partial charge in [0.25, 0.3) is 0 Å². The molecule has 1 atom stereocenters. The van der Waals surface area contributed by atoms with Crippen LogP contribution in [0.25, 0.3) is 0 Å². The number of hydrogen-bond acceptors (Lipinski definition) is 2. The molecule has 1 saturated heterocycles. The van der Waals surface area contributed by atoms with Gasteiger partial charge in [0, 0.05) is 24.8 Å².